The van der Waals surface area contributed by atoms with E-state index < -0.39 is 0 Å². The van der Waals surface area contributed by atoms with Crippen molar-refractivity contribution < 1.29 is 19.1 Å². The Morgan fingerprint density at radius 3 is 2.09 bits per heavy atom. The van der Waals surface area contributed by atoms with E-state index in [4.69, 9.17) is 9.47 Å². The van der Waals surface area contributed by atoms with Crippen LogP contribution in [0.4, 0.5) is 11.4 Å². The van der Waals surface area contributed by atoms with Crippen molar-refractivity contribution in [3.63, 3.8) is 0 Å². The van der Waals surface area contributed by atoms with Gasteiger partial charge in [-0.05, 0) is 69.3 Å². The molecule has 0 spiro atoms. The number of hydrogen-bond donors (Lipinski definition) is 3. The predicted molar refractivity (Wildman–Crippen MR) is 135 cm³/mol. The molecule has 0 aromatic heterocycles. The van der Waals surface area contributed by atoms with Gasteiger partial charge in [-0.3, -0.25) is 9.59 Å². The number of ether oxygens (including phenoxy) is 2. The lowest BCUT2D eigenvalue weighted by atomic mass is 10.1. The van der Waals surface area contributed by atoms with Crippen molar-refractivity contribution in [1.29, 1.82) is 0 Å². The third kappa shape index (κ3) is 8.50. The van der Waals surface area contributed by atoms with E-state index in [2.05, 4.69) is 16.0 Å². The van der Waals surface area contributed by atoms with Gasteiger partial charge in [0.05, 0.1) is 6.54 Å². The Morgan fingerprint density at radius 1 is 0.765 bits per heavy atom. The van der Waals surface area contributed by atoms with E-state index in [1.165, 1.54) is 0 Å². The van der Waals surface area contributed by atoms with E-state index in [-0.39, 0.29) is 23.9 Å². The van der Waals surface area contributed by atoms with Crippen LogP contribution in [0.25, 0.3) is 0 Å². The summed E-state index contributed by atoms with van der Waals surface area (Å²) < 4.78 is 11.3. The monoisotopic (exact) mass is 461 g/mol. The first kappa shape index (κ1) is 24.6. The van der Waals surface area contributed by atoms with Crippen LogP contribution in [0, 0.1) is 0 Å². The van der Waals surface area contributed by atoms with Gasteiger partial charge in [0.15, 0.2) is 0 Å². The molecule has 0 unspecified atom stereocenters. The zero-order chi connectivity index (χ0) is 24.4. The summed E-state index contributed by atoms with van der Waals surface area (Å²) in [4.78, 5) is 24.6. The van der Waals surface area contributed by atoms with Crippen molar-refractivity contribution in [3.05, 3.63) is 84.4 Å². The van der Waals surface area contributed by atoms with Gasteiger partial charge in [0.1, 0.15) is 24.7 Å². The maximum Gasteiger partial charge on any atom is 0.251 e. The molecule has 7 nitrogen and oxygen atoms in total. The van der Waals surface area contributed by atoms with Crippen molar-refractivity contribution in [2.24, 2.45) is 0 Å². The molecule has 3 rings (SSSR count). The number of para-hydroxylation sites is 1. The summed E-state index contributed by atoms with van der Waals surface area (Å²) in [5.41, 5.74) is 1.65. The molecular formula is C27H31N3O4. The number of rotatable bonds is 10. The van der Waals surface area contributed by atoms with Gasteiger partial charge in [0.2, 0.25) is 5.91 Å². The summed E-state index contributed by atoms with van der Waals surface area (Å²) in [6.45, 7) is 6.69. The summed E-state index contributed by atoms with van der Waals surface area (Å²) in [5.74, 6) is 1.11. The van der Waals surface area contributed by atoms with Gasteiger partial charge in [-0.15, -0.1) is 0 Å². The molecule has 7 heteroatoms. The largest absolute Gasteiger partial charge is 0.490 e. The zero-order valence-electron chi connectivity index (χ0n) is 19.8. The maximum atomic E-state index is 12.3. The molecule has 0 atom stereocenters. The fourth-order valence-electron chi connectivity index (χ4n) is 3.04. The summed E-state index contributed by atoms with van der Waals surface area (Å²) in [7, 11) is 0. The molecule has 2 amide bonds. The summed E-state index contributed by atoms with van der Waals surface area (Å²) >= 11 is 0. The minimum absolute atomic E-state index is 0.0868. The molecule has 3 aromatic rings. The Morgan fingerprint density at radius 2 is 1.41 bits per heavy atom. The van der Waals surface area contributed by atoms with E-state index in [1.54, 1.807) is 36.4 Å². The standard InChI is InChI=1S/C27H31N3O4/c1-27(2,3)30-26(32)20-12-14-21(15-13-20)28-19-25(31)29-22-8-7-11-24(18-22)34-17-16-33-23-9-5-4-6-10-23/h4-15,18,28H,16-17,19H2,1-3H3,(H,29,31)(H,30,32). The van der Waals surface area contributed by atoms with Gasteiger partial charge < -0.3 is 25.4 Å². The van der Waals surface area contributed by atoms with Crippen LogP contribution in [0.3, 0.4) is 0 Å². The van der Waals surface area contributed by atoms with E-state index in [9.17, 15) is 9.59 Å². The number of hydrogen-bond acceptors (Lipinski definition) is 5. The Kier molecular flexibility index (Phi) is 8.51. The van der Waals surface area contributed by atoms with Crippen molar-refractivity contribution in [3.8, 4) is 11.5 Å². The molecule has 3 N–H and O–H groups in total. The second-order valence-corrected chi connectivity index (χ2v) is 8.72. The molecule has 0 fully saturated rings. The molecule has 0 heterocycles. The number of benzene rings is 3. The topological polar surface area (TPSA) is 88.7 Å². The van der Waals surface area contributed by atoms with E-state index in [1.807, 2.05) is 63.2 Å². The normalized spacial score (nSPS) is 10.8. The molecule has 0 bridgehead atoms. The summed E-state index contributed by atoms with van der Waals surface area (Å²) in [6, 6.07) is 23.8. The molecule has 0 aliphatic heterocycles. The minimum atomic E-state index is -0.301. The Bertz CT molecular complexity index is 1080. The lowest BCUT2D eigenvalue weighted by molar-refractivity contribution is -0.114. The summed E-state index contributed by atoms with van der Waals surface area (Å²) in [5, 5.41) is 8.83. The molecule has 0 saturated carbocycles. The average molecular weight is 462 g/mol. The Labute approximate surface area is 200 Å². The van der Waals surface area contributed by atoms with Crippen LogP contribution in [0.1, 0.15) is 31.1 Å². The van der Waals surface area contributed by atoms with Crippen LogP contribution in [0.15, 0.2) is 78.9 Å². The first-order valence-electron chi connectivity index (χ1n) is 11.2. The van der Waals surface area contributed by atoms with Crippen molar-refractivity contribution in [1.82, 2.24) is 5.32 Å². The van der Waals surface area contributed by atoms with E-state index in [0.717, 1.165) is 11.4 Å². The van der Waals surface area contributed by atoms with Gasteiger partial charge in [0, 0.05) is 28.5 Å². The number of amides is 2. The SMILES string of the molecule is CC(C)(C)NC(=O)c1ccc(NCC(=O)Nc2cccc(OCCOc3ccccc3)c2)cc1. The van der Waals surface area contributed by atoms with Gasteiger partial charge in [-0.2, -0.15) is 0 Å². The molecule has 0 aliphatic carbocycles. The number of nitrogens with one attached hydrogen (secondary N) is 3. The van der Waals surface area contributed by atoms with E-state index in [0.29, 0.717) is 30.2 Å². The fourth-order valence-corrected chi connectivity index (χ4v) is 3.04. The smallest absolute Gasteiger partial charge is 0.251 e. The van der Waals surface area contributed by atoms with E-state index >= 15 is 0 Å². The average Bonchev–Trinajstić information content (AvgIpc) is 2.81. The van der Waals surface area contributed by atoms with Crippen LogP contribution < -0.4 is 25.4 Å². The first-order chi connectivity index (χ1) is 16.3. The van der Waals surface area contributed by atoms with Crippen molar-refractivity contribution >= 4 is 23.2 Å². The number of carbonyl (C=O) groups is 2. The third-order valence-corrected chi connectivity index (χ3v) is 4.57. The molecule has 0 saturated heterocycles. The molecular weight excluding hydrogens is 430 g/mol. The predicted octanol–water partition coefficient (Wildman–Crippen LogP) is 4.72. The Balaban J connectivity index is 1.42. The highest BCUT2D eigenvalue weighted by Gasteiger charge is 2.15. The molecule has 0 radical (unpaired) electrons. The molecule has 178 valence electrons. The van der Waals surface area contributed by atoms with Crippen LogP contribution in [-0.4, -0.2) is 37.1 Å². The maximum absolute atomic E-state index is 12.3. The fraction of sp³-hybridized carbons (Fsp3) is 0.259. The van der Waals surface area contributed by atoms with Gasteiger partial charge >= 0.3 is 0 Å². The van der Waals surface area contributed by atoms with Gasteiger partial charge in [-0.1, -0.05) is 24.3 Å². The minimum Gasteiger partial charge on any atom is -0.490 e. The second kappa shape index (κ2) is 11.7. The summed E-state index contributed by atoms with van der Waals surface area (Å²) in [6.07, 6.45) is 0. The van der Waals surface area contributed by atoms with Crippen LogP contribution in [0.5, 0.6) is 11.5 Å². The number of anilines is 2. The molecule has 3 aromatic carbocycles. The quantitative estimate of drug-likeness (QED) is 0.380. The highest BCUT2D eigenvalue weighted by Crippen LogP contribution is 2.18. The van der Waals surface area contributed by atoms with Crippen molar-refractivity contribution in [2.75, 3.05) is 30.4 Å². The lowest BCUT2D eigenvalue weighted by Crippen LogP contribution is -2.40. The molecule has 34 heavy (non-hydrogen) atoms. The lowest BCUT2D eigenvalue weighted by Gasteiger charge is -2.20. The van der Waals surface area contributed by atoms with Crippen LogP contribution in [-0.2, 0) is 4.79 Å². The molecule has 0 aliphatic rings. The second-order valence-electron chi connectivity index (χ2n) is 8.72. The zero-order valence-corrected chi connectivity index (χ0v) is 19.8. The van der Waals surface area contributed by atoms with Crippen LogP contribution in [0.2, 0.25) is 0 Å². The Hall–Kier alpha value is -4.00. The van der Waals surface area contributed by atoms with Crippen LogP contribution >= 0.6 is 0 Å². The van der Waals surface area contributed by atoms with Crippen molar-refractivity contribution in [2.45, 2.75) is 26.3 Å². The highest BCUT2D eigenvalue weighted by atomic mass is 16.5. The number of carbonyl (C=O) groups excluding carboxylic acids is 2. The third-order valence-electron chi connectivity index (χ3n) is 4.57. The van der Waals surface area contributed by atoms with Gasteiger partial charge in [-0.25, -0.2) is 0 Å². The van der Waals surface area contributed by atoms with Gasteiger partial charge in [0.25, 0.3) is 5.91 Å². The first-order valence-corrected chi connectivity index (χ1v) is 11.2. The highest BCUT2D eigenvalue weighted by molar-refractivity contribution is 5.95.